The minimum Gasteiger partial charge on any atom is -0.336 e. The third-order valence-corrected chi connectivity index (χ3v) is 5.56. The number of halogens is 5. The monoisotopic (exact) mass is 312 g/mol. The van der Waals surface area contributed by atoms with Crippen molar-refractivity contribution in [2.45, 2.75) is 19.7 Å². The van der Waals surface area contributed by atoms with Crippen LogP contribution in [0.3, 0.4) is 0 Å². The molecule has 0 spiro atoms. The Bertz CT molecular complexity index is 324. The molecule has 0 fully saturated rings. The largest absolute Gasteiger partial charge is 0.470 e. The van der Waals surface area contributed by atoms with Crippen LogP contribution in [0.15, 0.2) is 4.97 Å². The molecule has 116 valence electrons. The molecule has 0 rings (SSSR count). The highest BCUT2D eigenvalue weighted by atomic mass is 31.2. The maximum Gasteiger partial charge on any atom is 0.470 e. The van der Waals surface area contributed by atoms with Gasteiger partial charge >= 0.3 is 6.30 Å². The maximum atomic E-state index is 13.7. The van der Waals surface area contributed by atoms with Gasteiger partial charge in [-0.3, -0.25) is 0 Å². The van der Waals surface area contributed by atoms with Crippen molar-refractivity contribution in [2.24, 2.45) is 4.97 Å². The summed E-state index contributed by atoms with van der Waals surface area (Å²) in [6.07, 6.45) is -5.15. The Morgan fingerprint density at radius 3 is 1.79 bits per heavy atom. The summed E-state index contributed by atoms with van der Waals surface area (Å²) in [6, 6.07) is 0. The zero-order valence-electron chi connectivity index (χ0n) is 11.3. The quantitative estimate of drug-likeness (QED) is 0.326. The van der Waals surface area contributed by atoms with Crippen LogP contribution in [0.25, 0.3) is 0 Å². The van der Waals surface area contributed by atoms with Crippen LogP contribution in [0.2, 0.25) is 0 Å². The molecule has 0 heterocycles. The lowest BCUT2D eigenvalue weighted by atomic mass is 10.8. The highest BCUT2D eigenvalue weighted by molar-refractivity contribution is 7.59. The van der Waals surface area contributed by atoms with Gasteiger partial charge in [-0.05, 0) is 35.1 Å². The second-order valence-corrected chi connectivity index (χ2v) is 7.12. The molecule has 0 radical (unpaired) electrons. The smallest absolute Gasteiger partial charge is 0.336 e. The molecule has 0 aromatic heterocycles. The van der Waals surface area contributed by atoms with Gasteiger partial charge in [0.15, 0.2) is 0 Å². The van der Waals surface area contributed by atoms with E-state index in [-0.39, 0.29) is 6.61 Å². The predicted molar refractivity (Wildman–Crippen MR) is 62.2 cm³/mol. The Labute approximate surface area is 109 Å². The summed E-state index contributed by atoms with van der Waals surface area (Å²) in [7, 11) is 0.650. The van der Waals surface area contributed by atoms with Gasteiger partial charge in [-0.15, -0.1) is 0 Å². The second-order valence-electron chi connectivity index (χ2n) is 3.87. The summed E-state index contributed by atoms with van der Waals surface area (Å²) >= 11 is 0. The molecule has 5 nitrogen and oxygen atoms in total. The Morgan fingerprint density at radius 2 is 1.58 bits per heavy atom. The molecule has 0 saturated carbocycles. The van der Waals surface area contributed by atoms with Crippen molar-refractivity contribution in [1.29, 1.82) is 0 Å². The first kappa shape index (κ1) is 18.7. The zero-order chi connectivity index (χ0) is 15.4. The number of ether oxygens (including phenoxy) is 1. The van der Waals surface area contributed by atoms with Gasteiger partial charge in [0.05, 0.1) is 0 Å². The maximum absolute atomic E-state index is 13.7. The lowest BCUT2D eigenvalue weighted by molar-refractivity contribution is -0.281. The predicted octanol–water partition coefficient (Wildman–Crippen LogP) is 3.05. The van der Waals surface area contributed by atoms with E-state index in [0.717, 1.165) is 9.34 Å². The van der Waals surface area contributed by atoms with E-state index in [4.69, 9.17) is 0 Å². The van der Waals surface area contributed by atoms with E-state index in [1.54, 1.807) is 0 Å². The second kappa shape index (κ2) is 6.94. The van der Waals surface area contributed by atoms with Gasteiger partial charge in [-0.1, -0.05) is 14.1 Å². The van der Waals surface area contributed by atoms with Gasteiger partial charge in [0.25, 0.3) is 6.48 Å². The molecule has 0 aliphatic carbocycles. The van der Waals surface area contributed by atoms with Crippen molar-refractivity contribution in [2.75, 3.05) is 34.8 Å². The molecule has 0 aliphatic heterocycles. The molecule has 19 heavy (non-hydrogen) atoms. The fraction of sp³-hybridized carbons (Fsp3) is 1.00. The molecule has 1 unspecified atom stereocenters. The van der Waals surface area contributed by atoms with Gasteiger partial charge < -0.3 is 4.74 Å². The summed E-state index contributed by atoms with van der Waals surface area (Å²) < 4.78 is 71.4. The average Bonchev–Trinajstić information content (AvgIpc) is 2.22. The minimum absolute atomic E-state index is 0.291. The first-order valence-corrected chi connectivity index (χ1v) is 6.86. The highest BCUT2D eigenvalue weighted by Gasteiger charge is 2.55. The molecule has 0 aromatic carbocycles. The van der Waals surface area contributed by atoms with Gasteiger partial charge in [0.1, 0.15) is 0 Å². The van der Waals surface area contributed by atoms with Gasteiger partial charge in [-0.2, -0.15) is 17.6 Å². The lowest BCUT2D eigenvalue weighted by Crippen LogP contribution is -2.48. The van der Waals surface area contributed by atoms with Crippen LogP contribution in [-0.4, -0.2) is 61.6 Å². The molecule has 11 heteroatoms. The fourth-order valence-electron chi connectivity index (χ4n) is 1.51. The van der Waals surface area contributed by atoms with Crippen LogP contribution in [0.5, 0.6) is 0 Å². The van der Waals surface area contributed by atoms with E-state index in [0.29, 0.717) is 0 Å². The van der Waals surface area contributed by atoms with Gasteiger partial charge in [-0.25, -0.2) is 9.34 Å². The third-order valence-electron chi connectivity index (χ3n) is 2.22. The SMILES string of the molecule is CCOC(F)N(C(F)(F)F)P(=NF)(N(C)C)N(C)C. The minimum atomic E-state index is -5.15. The molecule has 0 aliphatic rings. The summed E-state index contributed by atoms with van der Waals surface area (Å²) in [4.78, 5) is 2.34. The molecular formula is C8H18F5N4OP. The number of rotatable bonds is 6. The first-order chi connectivity index (χ1) is 8.55. The van der Waals surface area contributed by atoms with Crippen molar-refractivity contribution in [3.05, 3.63) is 0 Å². The molecule has 0 bridgehead atoms. The van der Waals surface area contributed by atoms with Crippen molar-refractivity contribution in [3.63, 3.8) is 0 Å². The van der Waals surface area contributed by atoms with E-state index in [2.05, 4.69) is 9.70 Å². The Balaban J connectivity index is 5.93. The zero-order valence-corrected chi connectivity index (χ0v) is 12.2. The number of nitrogens with zero attached hydrogens (tertiary/aromatic N) is 4. The van der Waals surface area contributed by atoms with E-state index in [1.807, 2.05) is 0 Å². The molecule has 0 amide bonds. The highest BCUT2D eigenvalue weighted by Crippen LogP contribution is 2.61. The van der Waals surface area contributed by atoms with Crippen molar-refractivity contribution in [1.82, 2.24) is 14.0 Å². The number of alkyl halides is 4. The third kappa shape index (κ3) is 3.85. The molecule has 1 atom stereocenters. The Kier molecular flexibility index (Phi) is 6.84. The van der Waals surface area contributed by atoms with Gasteiger partial charge in [0, 0.05) is 6.61 Å². The van der Waals surface area contributed by atoms with E-state index in [1.165, 1.54) is 35.1 Å². The van der Waals surface area contributed by atoms with E-state index in [9.17, 15) is 22.0 Å². The van der Waals surface area contributed by atoms with Crippen molar-refractivity contribution < 1.29 is 26.8 Å². The van der Waals surface area contributed by atoms with Crippen molar-refractivity contribution in [3.8, 4) is 0 Å². The van der Waals surface area contributed by atoms with Crippen molar-refractivity contribution >= 4 is 7.51 Å². The molecule has 0 saturated heterocycles. The Hall–Kier alpha value is -0.280. The average molecular weight is 312 g/mol. The molecule has 0 N–H and O–H groups in total. The van der Waals surface area contributed by atoms with Gasteiger partial charge in [0.2, 0.25) is 7.51 Å². The normalized spacial score (nSPS) is 15.4. The lowest BCUT2D eigenvalue weighted by Gasteiger charge is -2.43. The van der Waals surface area contributed by atoms with Crippen LogP contribution in [0.4, 0.5) is 22.0 Å². The van der Waals surface area contributed by atoms with E-state index < -0.39 is 25.0 Å². The molecular weight excluding hydrogens is 294 g/mol. The van der Waals surface area contributed by atoms with Crippen LogP contribution >= 0.6 is 7.51 Å². The fourth-order valence-corrected chi connectivity index (χ4v) is 3.96. The Morgan fingerprint density at radius 1 is 1.16 bits per heavy atom. The molecule has 0 aromatic rings. The summed E-state index contributed by atoms with van der Waals surface area (Å²) in [5.74, 6) is 0. The number of hydrogen-bond donors (Lipinski definition) is 0. The van der Waals surface area contributed by atoms with Crippen LogP contribution in [0, 0.1) is 0 Å². The van der Waals surface area contributed by atoms with Crippen LogP contribution < -0.4 is 0 Å². The standard InChI is InChI=1S/C8H18F5N4OP/c1-6-18-7(9)17(8(10,11)12)19(14-13,15(2)3)16(4)5/h7H,6H2,1-5H3. The summed E-state index contributed by atoms with van der Waals surface area (Å²) in [5.41, 5.74) is 0. The van der Waals surface area contributed by atoms with Crippen LogP contribution in [-0.2, 0) is 4.74 Å². The summed E-state index contributed by atoms with van der Waals surface area (Å²) in [5, 5.41) is 0. The summed E-state index contributed by atoms with van der Waals surface area (Å²) in [6.45, 7) is -1.80. The topological polar surface area (TPSA) is 31.3 Å². The van der Waals surface area contributed by atoms with Crippen LogP contribution in [0.1, 0.15) is 6.92 Å². The van der Waals surface area contributed by atoms with E-state index >= 15 is 0 Å². The first-order valence-electron chi connectivity index (χ1n) is 5.26. The number of hydrogen-bond acceptors (Lipinski definition) is 2.